The molecular formula is C9H8F2O2S. The second kappa shape index (κ2) is 3.88. The standard InChI is InChI=1S/C9H8F2O2S/c1-7(9(10)11)14(12,13)8-5-3-2-4-6-8/h2-6,9H,1H2. The number of hydrogen-bond donors (Lipinski definition) is 0. The molecule has 0 aliphatic heterocycles. The van der Waals surface area contributed by atoms with E-state index in [4.69, 9.17) is 0 Å². The molecule has 0 saturated heterocycles. The fourth-order valence-electron chi connectivity index (χ4n) is 0.868. The lowest BCUT2D eigenvalue weighted by molar-refractivity contribution is 0.198. The molecule has 0 unspecified atom stereocenters. The molecule has 0 heterocycles. The van der Waals surface area contributed by atoms with Gasteiger partial charge in [0.05, 0.1) is 4.90 Å². The highest BCUT2D eigenvalue weighted by Crippen LogP contribution is 2.22. The van der Waals surface area contributed by atoms with Crippen LogP contribution in [0.5, 0.6) is 0 Å². The van der Waals surface area contributed by atoms with Crippen molar-refractivity contribution < 1.29 is 17.2 Å². The Morgan fingerprint density at radius 1 is 1.21 bits per heavy atom. The van der Waals surface area contributed by atoms with Crippen LogP contribution in [-0.4, -0.2) is 14.8 Å². The third-order valence-electron chi connectivity index (χ3n) is 1.64. The monoisotopic (exact) mass is 218 g/mol. The Hall–Kier alpha value is -1.23. The first-order valence-corrected chi connectivity index (χ1v) is 5.21. The van der Waals surface area contributed by atoms with Crippen molar-refractivity contribution in [3.63, 3.8) is 0 Å². The second-order valence-corrected chi connectivity index (χ2v) is 4.59. The zero-order valence-electron chi connectivity index (χ0n) is 7.15. The van der Waals surface area contributed by atoms with E-state index >= 15 is 0 Å². The number of benzene rings is 1. The topological polar surface area (TPSA) is 34.1 Å². The van der Waals surface area contributed by atoms with E-state index in [1.165, 1.54) is 24.3 Å². The molecule has 0 atom stereocenters. The van der Waals surface area contributed by atoms with E-state index in [9.17, 15) is 17.2 Å². The predicted molar refractivity (Wildman–Crippen MR) is 48.8 cm³/mol. The SMILES string of the molecule is C=C(C(F)F)S(=O)(=O)c1ccccc1. The molecule has 0 aromatic heterocycles. The summed E-state index contributed by atoms with van der Waals surface area (Å²) in [7, 11) is -4.08. The van der Waals surface area contributed by atoms with Crippen molar-refractivity contribution in [1.29, 1.82) is 0 Å². The molecule has 0 fully saturated rings. The van der Waals surface area contributed by atoms with E-state index in [1.54, 1.807) is 6.07 Å². The molecule has 76 valence electrons. The van der Waals surface area contributed by atoms with Crippen LogP contribution in [0.15, 0.2) is 46.7 Å². The molecule has 0 spiro atoms. The van der Waals surface area contributed by atoms with Crippen molar-refractivity contribution in [2.45, 2.75) is 11.3 Å². The van der Waals surface area contributed by atoms with Crippen LogP contribution in [0.1, 0.15) is 0 Å². The van der Waals surface area contributed by atoms with Gasteiger partial charge in [-0.1, -0.05) is 24.8 Å². The molecule has 0 amide bonds. The summed E-state index contributed by atoms with van der Waals surface area (Å²) >= 11 is 0. The number of sulfone groups is 1. The van der Waals surface area contributed by atoms with Crippen molar-refractivity contribution in [2.24, 2.45) is 0 Å². The highest BCUT2D eigenvalue weighted by atomic mass is 32.2. The molecule has 0 aliphatic carbocycles. The molecule has 1 aromatic rings. The van der Waals surface area contributed by atoms with Crippen LogP contribution in [0.3, 0.4) is 0 Å². The summed E-state index contributed by atoms with van der Waals surface area (Å²) in [6.45, 7) is 2.86. The number of alkyl halides is 2. The highest BCUT2D eigenvalue weighted by molar-refractivity contribution is 7.95. The van der Waals surface area contributed by atoms with Crippen molar-refractivity contribution in [2.75, 3.05) is 0 Å². The Balaban J connectivity index is 3.17. The highest BCUT2D eigenvalue weighted by Gasteiger charge is 2.25. The van der Waals surface area contributed by atoms with Crippen LogP contribution >= 0.6 is 0 Å². The lowest BCUT2D eigenvalue weighted by Gasteiger charge is -2.05. The average molecular weight is 218 g/mol. The van der Waals surface area contributed by atoms with Gasteiger partial charge in [-0.25, -0.2) is 17.2 Å². The molecular weight excluding hydrogens is 210 g/mol. The Kier molecular flexibility index (Phi) is 3.00. The maximum absolute atomic E-state index is 12.1. The quantitative estimate of drug-likeness (QED) is 0.779. The predicted octanol–water partition coefficient (Wildman–Crippen LogP) is 2.24. The van der Waals surface area contributed by atoms with E-state index < -0.39 is 21.2 Å². The summed E-state index contributed by atoms with van der Waals surface area (Å²) in [5, 5.41) is 0. The molecule has 0 radical (unpaired) electrons. The van der Waals surface area contributed by atoms with Gasteiger partial charge in [0.1, 0.15) is 4.91 Å². The lowest BCUT2D eigenvalue weighted by Crippen LogP contribution is -2.10. The smallest absolute Gasteiger partial charge is 0.219 e. The van der Waals surface area contributed by atoms with Gasteiger partial charge in [0.25, 0.3) is 6.43 Å². The minimum absolute atomic E-state index is 0.162. The summed E-state index contributed by atoms with van der Waals surface area (Å²) in [5.74, 6) is 0. The molecule has 2 nitrogen and oxygen atoms in total. The van der Waals surface area contributed by atoms with E-state index in [-0.39, 0.29) is 4.90 Å². The zero-order chi connectivity index (χ0) is 10.8. The second-order valence-electron chi connectivity index (χ2n) is 2.58. The molecule has 5 heteroatoms. The van der Waals surface area contributed by atoms with E-state index in [2.05, 4.69) is 6.58 Å². The van der Waals surface area contributed by atoms with E-state index in [1.807, 2.05) is 0 Å². The van der Waals surface area contributed by atoms with Gasteiger partial charge >= 0.3 is 0 Å². The first-order valence-electron chi connectivity index (χ1n) is 3.73. The molecule has 0 aliphatic rings. The average Bonchev–Trinajstić information content (AvgIpc) is 2.18. The fraction of sp³-hybridized carbons (Fsp3) is 0.111. The van der Waals surface area contributed by atoms with Crippen molar-refractivity contribution in [3.05, 3.63) is 41.8 Å². The summed E-state index contributed by atoms with van der Waals surface area (Å²) < 4.78 is 47.0. The molecule has 0 bridgehead atoms. The summed E-state index contributed by atoms with van der Waals surface area (Å²) in [4.78, 5) is -1.23. The number of hydrogen-bond acceptors (Lipinski definition) is 2. The number of halogens is 2. The number of rotatable bonds is 3. The molecule has 0 saturated carbocycles. The Morgan fingerprint density at radius 2 is 1.71 bits per heavy atom. The third kappa shape index (κ3) is 1.98. The first-order chi connectivity index (χ1) is 6.46. The van der Waals surface area contributed by atoms with Gasteiger partial charge < -0.3 is 0 Å². The number of allylic oxidation sites excluding steroid dienone is 1. The van der Waals surface area contributed by atoms with Gasteiger partial charge in [0.2, 0.25) is 9.84 Å². The van der Waals surface area contributed by atoms with E-state index in [0.717, 1.165) is 0 Å². The molecule has 14 heavy (non-hydrogen) atoms. The minimum Gasteiger partial charge on any atom is -0.219 e. The van der Waals surface area contributed by atoms with Crippen LogP contribution in [0.4, 0.5) is 8.78 Å². The van der Waals surface area contributed by atoms with Gasteiger partial charge in [-0.3, -0.25) is 0 Å². The van der Waals surface area contributed by atoms with Crippen LogP contribution in [0.25, 0.3) is 0 Å². The van der Waals surface area contributed by atoms with Crippen LogP contribution in [0, 0.1) is 0 Å². The summed E-state index contributed by atoms with van der Waals surface area (Å²) in [5.41, 5.74) is 0. The van der Waals surface area contributed by atoms with Crippen LogP contribution < -0.4 is 0 Å². The van der Waals surface area contributed by atoms with E-state index in [0.29, 0.717) is 0 Å². The molecule has 0 N–H and O–H groups in total. The summed E-state index contributed by atoms with van der Waals surface area (Å²) in [6, 6.07) is 7.03. The van der Waals surface area contributed by atoms with Gasteiger partial charge in [-0.2, -0.15) is 0 Å². The Bertz CT molecular complexity index is 423. The fourth-order valence-corrected chi connectivity index (χ4v) is 1.92. The van der Waals surface area contributed by atoms with Gasteiger partial charge in [-0.05, 0) is 12.1 Å². The normalized spacial score (nSPS) is 11.6. The maximum Gasteiger partial charge on any atom is 0.274 e. The van der Waals surface area contributed by atoms with Crippen molar-refractivity contribution in [3.8, 4) is 0 Å². The zero-order valence-corrected chi connectivity index (χ0v) is 7.97. The minimum atomic E-state index is -4.08. The van der Waals surface area contributed by atoms with Gasteiger partial charge in [0, 0.05) is 0 Å². The Labute approximate surface area is 80.8 Å². The van der Waals surface area contributed by atoms with Crippen molar-refractivity contribution in [1.82, 2.24) is 0 Å². The molecule has 1 aromatic carbocycles. The Morgan fingerprint density at radius 3 is 2.14 bits per heavy atom. The maximum atomic E-state index is 12.1. The van der Waals surface area contributed by atoms with Crippen molar-refractivity contribution >= 4 is 9.84 Å². The lowest BCUT2D eigenvalue weighted by atomic mass is 10.4. The third-order valence-corrected chi connectivity index (χ3v) is 3.40. The molecule has 1 rings (SSSR count). The summed E-state index contributed by atoms with van der Waals surface area (Å²) in [6.07, 6.45) is -3.06. The van der Waals surface area contributed by atoms with Crippen LogP contribution in [-0.2, 0) is 9.84 Å². The first kappa shape index (κ1) is 10.8. The van der Waals surface area contributed by atoms with Crippen LogP contribution in [0.2, 0.25) is 0 Å². The largest absolute Gasteiger partial charge is 0.274 e. The van der Waals surface area contributed by atoms with Gasteiger partial charge in [-0.15, -0.1) is 0 Å². The van der Waals surface area contributed by atoms with Gasteiger partial charge in [0.15, 0.2) is 0 Å².